The van der Waals surface area contributed by atoms with Gasteiger partial charge in [0.15, 0.2) is 0 Å². The average Bonchev–Trinajstić information content (AvgIpc) is 2.84. The minimum atomic E-state index is -0.143. The van der Waals surface area contributed by atoms with Crippen molar-refractivity contribution >= 4 is 41.0 Å². The van der Waals surface area contributed by atoms with Crippen molar-refractivity contribution in [1.82, 2.24) is 4.90 Å². The van der Waals surface area contributed by atoms with Crippen molar-refractivity contribution in [3.05, 3.63) is 94.4 Å². The summed E-state index contributed by atoms with van der Waals surface area (Å²) in [6.45, 7) is 5.00. The van der Waals surface area contributed by atoms with Crippen molar-refractivity contribution in [3.63, 3.8) is 0 Å². The van der Waals surface area contributed by atoms with Crippen molar-refractivity contribution in [2.45, 2.75) is 11.8 Å². The summed E-state index contributed by atoms with van der Waals surface area (Å²) in [5.41, 5.74) is 4.64. The summed E-state index contributed by atoms with van der Waals surface area (Å²) in [5, 5.41) is 2.96. The topological polar surface area (TPSA) is 52.7 Å². The van der Waals surface area contributed by atoms with E-state index in [1.165, 1.54) is 17.4 Å². The maximum Gasteiger partial charge on any atom is 0.262 e. The van der Waals surface area contributed by atoms with Gasteiger partial charge in [0.05, 0.1) is 10.6 Å². The third-order valence-corrected chi connectivity index (χ3v) is 7.05. The fourth-order valence-electron chi connectivity index (χ4n) is 4.19. The van der Waals surface area contributed by atoms with Crippen LogP contribution in [0.1, 0.15) is 21.5 Å². The molecule has 1 fully saturated rings. The quantitative estimate of drug-likeness (QED) is 0.562. The lowest BCUT2D eigenvalue weighted by molar-refractivity contribution is -0.112. The zero-order valence-electron chi connectivity index (χ0n) is 18.5. The predicted molar refractivity (Wildman–Crippen MR) is 135 cm³/mol. The summed E-state index contributed by atoms with van der Waals surface area (Å²) < 4.78 is 0. The van der Waals surface area contributed by atoms with E-state index in [0.717, 1.165) is 29.1 Å². The summed E-state index contributed by atoms with van der Waals surface area (Å²) >= 11 is 1.44. The molecule has 0 unspecified atom stereocenters. The van der Waals surface area contributed by atoms with Gasteiger partial charge in [-0.05, 0) is 48.9 Å². The number of amides is 2. The van der Waals surface area contributed by atoms with E-state index in [4.69, 9.17) is 0 Å². The first-order chi connectivity index (χ1) is 16.1. The molecule has 0 aromatic heterocycles. The van der Waals surface area contributed by atoms with Crippen LogP contribution in [0.4, 0.5) is 11.4 Å². The van der Waals surface area contributed by atoms with Gasteiger partial charge in [0, 0.05) is 42.3 Å². The molecule has 2 heterocycles. The van der Waals surface area contributed by atoms with E-state index in [1.807, 2.05) is 66.4 Å². The van der Waals surface area contributed by atoms with Crippen LogP contribution in [0.5, 0.6) is 0 Å². The maximum atomic E-state index is 13.1. The Morgan fingerprint density at radius 3 is 2.48 bits per heavy atom. The monoisotopic (exact) mass is 455 g/mol. The number of nitrogens with zero attached hydrogens (tertiary/aromatic N) is 2. The number of rotatable bonds is 3. The van der Waals surface area contributed by atoms with Crippen molar-refractivity contribution in [1.29, 1.82) is 0 Å². The fraction of sp³-hybridized carbons (Fsp3) is 0.185. The van der Waals surface area contributed by atoms with Gasteiger partial charge in [-0.1, -0.05) is 59.8 Å². The highest BCUT2D eigenvalue weighted by Gasteiger charge is 2.25. The zero-order chi connectivity index (χ0) is 22.8. The van der Waals surface area contributed by atoms with Crippen molar-refractivity contribution in [2.75, 3.05) is 36.4 Å². The molecule has 2 amide bonds. The molecular weight excluding hydrogens is 430 g/mol. The number of hydrogen-bond acceptors (Lipinski definition) is 4. The minimum absolute atomic E-state index is 0.00543. The summed E-state index contributed by atoms with van der Waals surface area (Å²) in [5.74, 6) is -0.138. The summed E-state index contributed by atoms with van der Waals surface area (Å²) in [7, 11) is 0. The Balaban J connectivity index is 1.28. The molecule has 33 heavy (non-hydrogen) atoms. The van der Waals surface area contributed by atoms with Gasteiger partial charge in [0.25, 0.3) is 11.8 Å². The number of fused-ring (bicyclic) bond motifs is 1. The largest absolute Gasteiger partial charge is 0.368 e. The van der Waals surface area contributed by atoms with E-state index in [9.17, 15) is 9.59 Å². The van der Waals surface area contributed by atoms with Crippen LogP contribution in [0.2, 0.25) is 0 Å². The zero-order valence-corrected chi connectivity index (χ0v) is 19.3. The highest BCUT2D eigenvalue weighted by Crippen LogP contribution is 2.39. The van der Waals surface area contributed by atoms with E-state index < -0.39 is 0 Å². The number of para-hydroxylation sites is 1. The standard InChI is InChI=1S/C27H25N3O2S/c1-19-6-5-7-20(16-19)17-25-26(31)28-23-18-21(10-11-24(23)33-25)27(32)30-14-12-29(13-15-30)22-8-3-2-4-9-22/h2-11,16-18H,12-15H2,1H3,(H,28,31). The lowest BCUT2D eigenvalue weighted by Crippen LogP contribution is -2.48. The van der Waals surface area contributed by atoms with Gasteiger partial charge in [0.1, 0.15) is 0 Å². The van der Waals surface area contributed by atoms with Gasteiger partial charge in [0.2, 0.25) is 0 Å². The van der Waals surface area contributed by atoms with Crippen LogP contribution in [0.15, 0.2) is 82.6 Å². The number of anilines is 2. The third-order valence-electron chi connectivity index (χ3n) is 5.95. The highest BCUT2D eigenvalue weighted by molar-refractivity contribution is 8.04. The van der Waals surface area contributed by atoms with Gasteiger partial charge in [-0.3, -0.25) is 9.59 Å². The van der Waals surface area contributed by atoms with Crippen LogP contribution in [-0.4, -0.2) is 42.9 Å². The van der Waals surface area contributed by atoms with E-state index in [0.29, 0.717) is 29.2 Å². The Morgan fingerprint density at radius 1 is 0.939 bits per heavy atom. The second-order valence-electron chi connectivity index (χ2n) is 8.30. The number of nitrogens with one attached hydrogen (secondary N) is 1. The van der Waals surface area contributed by atoms with Crippen molar-refractivity contribution in [2.24, 2.45) is 0 Å². The lowest BCUT2D eigenvalue weighted by atomic mass is 10.1. The second kappa shape index (κ2) is 9.16. The summed E-state index contributed by atoms with van der Waals surface area (Å²) in [6.07, 6.45) is 1.90. The molecule has 3 aromatic rings. The molecule has 0 radical (unpaired) electrons. The molecule has 6 heteroatoms. The smallest absolute Gasteiger partial charge is 0.262 e. The van der Waals surface area contributed by atoms with Crippen LogP contribution >= 0.6 is 11.8 Å². The number of carbonyl (C=O) groups is 2. The Morgan fingerprint density at radius 2 is 1.73 bits per heavy atom. The van der Waals surface area contributed by atoms with Crippen LogP contribution in [0.3, 0.4) is 0 Å². The molecule has 5 rings (SSSR count). The van der Waals surface area contributed by atoms with Gasteiger partial charge in [-0.25, -0.2) is 0 Å². The van der Waals surface area contributed by atoms with Gasteiger partial charge >= 0.3 is 0 Å². The normalized spacial score (nSPS) is 17.0. The maximum absolute atomic E-state index is 13.1. The molecule has 2 aliphatic rings. The van der Waals surface area contributed by atoms with Crippen LogP contribution in [0.25, 0.3) is 6.08 Å². The second-order valence-corrected chi connectivity index (χ2v) is 9.39. The molecule has 1 N–H and O–H groups in total. The highest BCUT2D eigenvalue weighted by atomic mass is 32.2. The SMILES string of the molecule is Cc1cccc(C=C2Sc3ccc(C(=O)N4CCN(c5ccccc5)CC4)cc3NC2=O)c1. The summed E-state index contributed by atoms with van der Waals surface area (Å²) in [6, 6.07) is 23.9. The van der Waals surface area contributed by atoms with Crippen LogP contribution < -0.4 is 10.2 Å². The Hall–Kier alpha value is -3.51. The number of aryl methyl sites for hydroxylation is 1. The van der Waals surface area contributed by atoms with Gasteiger partial charge in [-0.2, -0.15) is 0 Å². The molecule has 5 nitrogen and oxygen atoms in total. The number of piperazine rings is 1. The third kappa shape index (κ3) is 4.66. The number of benzene rings is 3. The Kier molecular flexibility index (Phi) is 5.92. The van der Waals surface area contributed by atoms with E-state index in [2.05, 4.69) is 28.4 Å². The van der Waals surface area contributed by atoms with Gasteiger partial charge < -0.3 is 15.1 Å². The van der Waals surface area contributed by atoms with Crippen LogP contribution in [-0.2, 0) is 4.79 Å². The molecule has 1 saturated heterocycles. The van der Waals surface area contributed by atoms with Crippen LogP contribution in [0, 0.1) is 6.92 Å². The fourth-order valence-corrected chi connectivity index (χ4v) is 5.13. The van der Waals surface area contributed by atoms with Gasteiger partial charge in [-0.15, -0.1) is 0 Å². The molecule has 0 aliphatic carbocycles. The summed E-state index contributed by atoms with van der Waals surface area (Å²) in [4.78, 5) is 31.6. The van der Waals surface area contributed by atoms with Crippen molar-refractivity contribution < 1.29 is 9.59 Å². The number of hydrogen-bond donors (Lipinski definition) is 1. The first-order valence-corrected chi connectivity index (χ1v) is 11.9. The minimum Gasteiger partial charge on any atom is -0.368 e. The molecular formula is C27H25N3O2S. The molecule has 166 valence electrons. The predicted octanol–water partition coefficient (Wildman–Crippen LogP) is 5.04. The number of carbonyl (C=O) groups excluding carboxylic acids is 2. The Bertz CT molecular complexity index is 1230. The average molecular weight is 456 g/mol. The first-order valence-electron chi connectivity index (χ1n) is 11.1. The number of thioether (sulfide) groups is 1. The Labute approximate surface area is 198 Å². The van der Waals surface area contributed by atoms with E-state index >= 15 is 0 Å². The first kappa shape index (κ1) is 21.3. The van der Waals surface area contributed by atoms with Crippen molar-refractivity contribution in [3.8, 4) is 0 Å². The van der Waals surface area contributed by atoms with E-state index in [-0.39, 0.29) is 11.8 Å². The molecule has 3 aromatic carbocycles. The van der Waals surface area contributed by atoms with E-state index in [1.54, 1.807) is 6.07 Å². The molecule has 0 saturated carbocycles. The lowest BCUT2D eigenvalue weighted by Gasteiger charge is -2.36. The molecule has 0 bridgehead atoms. The molecule has 0 spiro atoms. The molecule has 0 atom stereocenters. The molecule has 2 aliphatic heterocycles.